The van der Waals surface area contributed by atoms with E-state index < -0.39 is 0 Å². The highest BCUT2D eigenvalue weighted by atomic mass is 16.1. The molecule has 6 rings (SSSR count). The summed E-state index contributed by atoms with van der Waals surface area (Å²) in [5.74, 6) is 0.925. The third kappa shape index (κ3) is 4.78. The van der Waals surface area contributed by atoms with E-state index in [4.69, 9.17) is 0 Å². The molecule has 0 radical (unpaired) electrons. The number of aryl methyl sites for hydroxylation is 3. The topological polar surface area (TPSA) is 131 Å². The van der Waals surface area contributed by atoms with E-state index in [1.165, 1.54) is 32.1 Å². The summed E-state index contributed by atoms with van der Waals surface area (Å²) >= 11 is 0. The molecule has 12 heteroatoms. The Labute approximate surface area is 220 Å². The van der Waals surface area contributed by atoms with Crippen molar-refractivity contribution in [2.45, 2.75) is 44.6 Å². The second-order valence-corrected chi connectivity index (χ2v) is 10.3. The van der Waals surface area contributed by atoms with Crippen molar-refractivity contribution in [2.24, 2.45) is 14.1 Å². The molecule has 2 aliphatic rings. The van der Waals surface area contributed by atoms with Gasteiger partial charge in [0, 0.05) is 51.3 Å². The Morgan fingerprint density at radius 2 is 1.95 bits per heavy atom. The molecule has 1 aliphatic heterocycles. The van der Waals surface area contributed by atoms with E-state index in [9.17, 15) is 4.79 Å². The quantitative estimate of drug-likeness (QED) is 0.324. The molecule has 0 atom stereocenters. The molecule has 4 aromatic heterocycles. The average molecular weight is 516 g/mol. The molecule has 2 fully saturated rings. The maximum atomic E-state index is 12.9. The fourth-order valence-corrected chi connectivity index (χ4v) is 5.33. The Balaban J connectivity index is 1.14. The van der Waals surface area contributed by atoms with Crippen LogP contribution in [0.4, 0.5) is 23.1 Å². The first-order valence-corrected chi connectivity index (χ1v) is 13.1. The van der Waals surface area contributed by atoms with Gasteiger partial charge in [-0.1, -0.05) is 6.42 Å². The van der Waals surface area contributed by atoms with Crippen LogP contribution >= 0.6 is 0 Å². The number of piperidine rings is 1. The molecule has 4 aromatic rings. The maximum Gasteiger partial charge on any atom is 0.252 e. The highest BCUT2D eigenvalue weighted by molar-refractivity contribution is 5.96. The molecule has 12 nitrogen and oxygen atoms in total. The summed E-state index contributed by atoms with van der Waals surface area (Å²) in [5.41, 5.74) is 3.88. The molecular formula is C26H33N11O. The van der Waals surface area contributed by atoms with Crippen LogP contribution in [0.2, 0.25) is 0 Å². The zero-order valence-electron chi connectivity index (χ0n) is 22.0. The highest BCUT2D eigenvalue weighted by Gasteiger charge is 2.48. The van der Waals surface area contributed by atoms with Gasteiger partial charge in [0.15, 0.2) is 11.5 Å². The van der Waals surface area contributed by atoms with Crippen LogP contribution in [0.5, 0.6) is 0 Å². The predicted octanol–water partition coefficient (Wildman–Crippen LogP) is 3.04. The molecule has 5 heterocycles. The Bertz CT molecular complexity index is 1490. The molecule has 1 aliphatic carbocycles. The number of carbonyl (C=O) groups excluding carboxylic acids is 1. The van der Waals surface area contributed by atoms with Gasteiger partial charge in [-0.2, -0.15) is 15.2 Å². The number of carbonyl (C=O) groups is 1. The largest absolute Gasteiger partial charge is 0.351 e. The molecule has 198 valence electrons. The van der Waals surface area contributed by atoms with Gasteiger partial charge in [0.25, 0.3) is 5.91 Å². The number of nitrogens with one attached hydrogen (secondary N) is 3. The normalized spacial score (nSPS) is 16.6. The molecule has 0 bridgehead atoms. The third-order valence-electron chi connectivity index (χ3n) is 7.63. The van der Waals surface area contributed by atoms with E-state index in [1.807, 2.05) is 33.3 Å². The predicted molar refractivity (Wildman–Crippen MR) is 145 cm³/mol. The second-order valence-electron chi connectivity index (χ2n) is 10.3. The number of pyridine rings is 1. The first kappa shape index (κ1) is 24.3. The Hall–Kier alpha value is -4.06. The number of hydrogen-bond donors (Lipinski definition) is 3. The third-order valence-corrected chi connectivity index (χ3v) is 7.63. The van der Waals surface area contributed by atoms with Gasteiger partial charge < -0.3 is 16.0 Å². The van der Waals surface area contributed by atoms with E-state index in [0.717, 1.165) is 29.9 Å². The fourth-order valence-electron chi connectivity index (χ4n) is 5.33. The summed E-state index contributed by atoms with van der Waals surface area (Å²) in [4.78, 5) is 29.0. The molecular weight excluding hydrogens is 482 g/mol. The monoisotopic (exact) mass is 515 g/mol. The maximum absolute atomic E-state index is 12.9. The van der Waals surface area contributed by atoms with Gasteiger partial charge in [0.05, 0.1) is 34.2 Å². The van der Waals surface area contributed by atoms with Crippen LogP contribution in [-0.2, 0) is 14.1 Å². The van der Waals surface area contributed by atoms with E-state index in [-0.39, 0.29) is 5.91 Å². The summed E-state index contributed by atoms with van der Waals surface area (Å²) in [6.07, 6.45) is 13.4. The van der Waals surface area contributed by atoms with Crippen molar-refractivity contribution in [1.82, 2.24) is 44.7 Å². The van der Waals surface area contributed by atoms with Crippen LogP contribution in [0.1, 0.15) is 48.2 Å². The van der Waals surface area contributed by atoms with Crippen molar-refractivity contribution in [3.05, 3.63) is 42.1 Å². The van der Waals surface area contributed by atoms with Crippen molar-refractivity contribution in [3.8, 4) is 0 Å². The minimum atomic E-state index is -0.122. The standard InChI is InChI=1S/C26H33N11O/c1-17-21(12-18(13-28-17)24(38)27-9-11-37-10-5-4-6-26(37)7-8-26)32-22-20-15-29-25(33-23(20)36(3)34-22)31-19-14-30-35(2)16-19/h12-16H,4-11H2,1-3H3,(H,27,38)(H,32,34)(H,29,31,33). The minimum absolute atomic E-state index is 0.122. The smallest absolute Gasteiger partial charge is 0.252 e. The number of nitrogens with zero attached hydrogens (tertiary/aromatic N) is 8. The van der Waals surface area contributed by atoms with Crippen LogP contribution in [0.25, 0.3) is 11.0 Å². The molecule has 0 unspecified atom stereocenters. The number of amides is 1. The van der Waals surface area contributed by atoms with Crippen LogP contribution in [0.15, 0.2) is 30.9 Å². The molecule has 0 aromatic carbocycles. The Morgan fingerprint density at radius 1 is 1.08 bits per heavy atom. The first-order chi connectivity index (χ1) is 18.4. The minimum Gasteiger partial charge on any atom is -0.351 e. The van der Waals surface area contributed by atoms with E-state index >= 15 is 0 Å². The van der Waals surface area contributed by atoms with Gasteiger partial charge in [-0.25, -0.2) is 9.67 Å². The number of fused-ring (bicyclic) bond motifs is 1. The molecule has 1 spiro atoms. The number of anilines is 4. The Morgan fingerprint density at radius 3 is 2.74 bits per heavy atom. The zero-order chi connectivity index (χ0) is 26.3. The van der Waals surface area contributed by atoms with E-state index in [1.54, 1.807) is 28.0 Å². The Kier molecular flexibility index (Phi) is 6.18. The lowest BCUT2D eigenvalue weighted by molar-refractivity contribution is 0.0925. The SMILES string of the molecule is Cc1ncc(C(=O)NCCN2CCCCC23CC3)cc1Nc1nn(C)c2nc(Nc3cnn(C)c3)ncc12. The highest BCUT2D eigenvalue weighted by Crippen LogP contribution is 2.47. The lowest BCUT2D eigenvalue weighted by atomic mass is 10.00. The lowest BCUT2D eigenvalue weighted by Gasteiger charge is -2.36. The molecule has 1 amide bonds. The van der Waals surface area contributed by atoms with Gasteiger partial charge >= 0.3 is 0 Å². The first-order valence-electron chi connectivity index (χ1n) is 13.1. The number of hydrogen-bond acceptors (Lipinski definition) is 9. The van der Waals surface area contributed by atoms with Gasteiger partial charge in [-0.05, 0) is 45.2 Å². The van der Waals surface area contributed by atoms with Crippen molar-refractivity contribution in [3.63, 3.8) is 0 Å². The van der Waals surface area contributed by atoms with Gasteiger partial charge in [0.1, 0.15) is 0 Å². The fraction of sp³-hybridized carbons (Fsp3) is 0.462. The van der Waals surface area contributed by atoms with Crippen LogP contribution in [-0.4, -0.2) is 70.5 Å². The van der Waals surface area contributed by atoms with E-state index in [0.29, 0.717) is 40.7 Å². The van der Waals surface area contributed by atoms with Crippen LogP contribution in [0.3, 0.4) is 0 Å². The van der Waals surface area contributed by atoms with E-state index in [2.05, 4.69) is 46.0 Å². The summed E-state index contributed by atoms with van der Waals surface area (Å²) in [6, 6.07) is 1.82. The summed E-state index contributed by atoms with van der Waals surface area (Å²) in [6.45, 7) is 4.56. The summed E-state index contributed by atoms with van der Waals surface area (Å²) in [7, 11) is 3.68. The van der Waals surface area contributed by atoms with Crippen molar-refractivity contribution in [2.75, 3.05) is 30.3 Å². The molecule has 1 saturated carbocycles. The van der Waals surface area contributed by atoms with Crippen molar-refractivity contribution >= 4 is 40.1 Å². The van der Waals surface area contributed by atoms with Gasteiger partial charge in [-0.15, -0.1) is 0 Å². The number of rotatable bonds is 8. The number of aromatic nitrogens is 7. The van der Waals surface area contributed by atoms with Crippen LogP contribution < -0.4 is 16.0 Å². The summed E-state index contributed by atoms with van der Waals surface area (Å²) < 4.78 is 3.40. The zero-order valence-corrected chi connectivity index (χ0v) is 22.0. The molecule has 38 heavy (non-hydrogen) atoms. The summed E-state index contributed by atoms with van der Waals surface area (Å²) in [5, 5.41) is 19.1. The van der Waals surface area contributed by atoms with Crippen molar-refractivity contribution < 1.29 is 4.79 Å². The number of likely N-dealkylation sites (tertiary alicyclic amines) is 1. The van der Waals surface area contributed by atoms with Crippen molar-refractivity contribution in [1.29, 1.82) is 0 Å². The lowest BCUT2D eigenvalue weighted by Crippen LogP contribution is -2.45. The average Bonchev–Trinajstić information content (AvgIpc) is 3.45. The second kappa shape index (κ2) is 9.67. The van der Waals surface area contributed by atoms with Crippen LogP contribution in [0, 0.1) is 6.92 Å². The van der Waals surface area contributed by atoms with Gasteiger partial charge in [-0.3, -0.25) is 19.4 Å². The molecule has 1 saturated heterocycles. The molecule has 3 N–H and O–H groups in total. The van der Waals surface area contributed by atoms with Gasteiger partial charge in [0.2, 0.25) is 5.95 Å².